The number of nitrogens with one attached hydrogen (secondary N) is 1. The number of carbonyl (C=O) groups is 2. The summed E-state index contributed by atoms with van der Waals surface area (Å²) >= 11 is 0. The van der Waals surface area contributed by atoms with Gasteiger partial charge in [-0.15, -0.1) is 0 Å². The van der Waals surface area contributed by atoms with E-state index >= 15 is 0 Å². The van der Waals surface area contributed by atoms with Gasteiger partial charge in [-0.25, -0.2) is 0 Å². The minimum Gasteiger partial charge on any atom is -0.466 e. The molecule has 0 aromatic carbocycles. The van der Waals surface area contributed by atoms with Crippen molar-refractivity contribution in [1.29, 1.82) is 0 Å². The molecule has 0 spiro atoms. The van der Waals surface area contributed by atoms with E-state index in [1.54, 1.807) is 6.08 Å². The normalized spacial score (nSPS) is 12.8. The first kappa shape index (κ1) is 81.8. The van der Waals surface area contributed by atoms with Crippen LogP contribution in [-0.2, 0) is 14.3 Å². The Labute approximate surface area is 525 Å². The van der Waals surface area contributed by atoms with Gasteiger partial charge < -0.3 is 20.3 Å². The van der Waals surface area contributed by atoms with E-state index in [0.717, 1.165) is 51.4 Å². The van der Waals surface area contributed by atoms with E-state index in [1.165, 1.54) is 334 Å². The molecule has 494 valence electrons. The minimum absolute atomic E-state index is 0.00421. The monoisotopic (exact) mass is 1180 g/mol. The Hall–Kier alpha value is -2.18. The number of rotatable bonds is 71. The zero-order valence-corrected chi connectivity index (χ0v) is 56.6. The fraction of sp³-hybridized carbons (Fsp3) is 0.872. The lowest BCUT2D eigenvalue weighted by Crippen LogP contribution is -2.45. The highest BCUT2D eigenvalue weighted by atomic mass is 16.5. The van der Waals surface area contributed by atoms with Gasteiger partial charge in [-0.1, -0.05) is 358 Å². The van der Waals surface area contributed by atoms with E-state index < -0.39 is 12.1 Å². The summed E-state index contributed by atoms with van der Waals surface area (Å²) in [5.74, 6) is -0.0582. The van der Waals surface area contributed by atoms with E-state index in [4.69, 9.17) is 4.74 Å². The lowest BCUT2D eigenvalue weighted by Gasteiger charge is -2.20. The van der Waals surface area contributed by atoms with Crippen LogP contribution in [-0.4, -0.2) is 47.4 Å². The van der Waals surface area contributed by atoms with Gasteiger partial charge in [-0.3, -0.25) is 9.59 Å². The summed E-state index contributed by atoms with van der Waals surface area (Å²) < 4.78 is 5.49. The van der Waals surface area contributed by atoms with Crippen LogP contribution in [0.4, 0.5) is 0 Å². The average molecular weight is 1180 g/mol. The zero-order valence-electron chi connectivity index (χ0n) is 56.6. The van der Waals surface area contributed by atoms with Gasteiger partial charge in [0.25, 0.3) is 0 Å². The molecule has 0 radical (unpaired) electrons. The van der Waals surface area contributed by atoms with Crippen molar-refractivity contribution in [3.05, 3.63) is 48.6 Å². The predicted octanol–water partition coefficient (Wildman–Crippen LogP) is 24.8. The molecule has 0 aromatic rings. The smallest absolute Gasteiger partial charge is 0.305 e. The summed E-state index contributed by atoms with van der Waals surface area (Å²) in [5, 5.41) is 23.3. The van der Waals surface area contributed by atoms with Crippen LogP contribution in [0.3, 0.4) is 0 Å². The summed E-state index contributed by atoms with van der Waals surface area (Å²) in [4.78, 5) is 24.6. The molecule has 2 atom stereocenters. The van der Waals surface area contributed by atoms with Crippen molar-refractivity contribution < 1.29 is 24.5 Å². The van der Waals surface area contributed by atoms with Crippen molar-refractivity contribution in [1.82, 2.24) is 5.32 Å². The maximum atomic E-state index is 12.5. The van der Waals surface area contributed by atoms with Crippen LogP contribution >= 0.6 is 0 Å². The number of amides is 1. The number of unbranched alkanes of at least 4 members (excludes halogenated alkanes) is 54. The Morgan fingerprint density at radius 1 is 0.333 bits per heavy atom. The maximum absolute atomic E-state index is 12.5. The Kier molecular flexibility index (Phi) is 71.4. The molecular weight excluding hydrogens is 1030 g/mol. The van der Waals surface area contributed by atoms with Crippen LogP contribution in [0, 0.1) is 0 Å². The van der Waals surface area contributed by atoms with E-state index in [0.29, 0.717) is 19.4 Å². The van der Waals surface area contributed by atoms with Crippen molar-refractivity contribution >= 4 is 11.9 Å². The van der Waals surface area contributed by atoms with Crippen LogP contribution in [0.2, 0.25) is 0 Å². The molecular formula is C78H147NO5. The molecule has 0 saturated heterocycles. The second kappa shape index (κ2) is 73.3. The Morgan fingerprint density at radius 2 is 0.595 bits per heavy atom. The summed E-state index contributed by atoms with van der Waals surface area (Å²) in [5.41, 5.74) is 0. The lowest BCUT2D eigenvalue weighted by molar-refractivity contribution is -0.143. The first-order valence-electron chi connectivity index (χ1n) is 37.9. The summed E-state index contributed by atoms with van der Waals surface area (Å²) in [6.07, 6.45) is 96.4. The number of aliphatic hydroxyl groups is 2. The topological polar surface area (TPSA) is 95.9 Å². The number of ether oxygens (including phenoxy) is 1. The molecule has 6 heteroatoms. The zero-order chi connectivity index (χ0) is 60.6. The van der Waals surface area contributed by atoms with Gasteiger partial charge >= 0.3 is 5.97 Å². The average Bonchev–Trinajstić information content (AvgIpc) is 3.51. The molecule has 1 amide bonds. The molecule has 6 nitrogen and oxygen atoms in total. The molecule has 0 aliphatic rings. The molecule has 0 aliphatic heterocycles. The maximum Gasteiger partial charge on any atom is 0.305 e. The number of aliphatic hydroxyl groups excluding tert-OH is 2. The van der Waals surface area contributed by atoms with Crippen molar-refractivity contribution in [2.45, 2.75) is 424 Å². The van der Waals surface area contributed by atoms with Crippen LogP contribution < -0.4 is 5.32 Å². The summed E-state index contributed by atoms with van der Waals surface area (Å²) in [6.45, 7) is 4.92. The third kappa shape index (κ3) is 68.9. The third-order valence-corrected chi connectivity index (χ3v) is 17.6. The number of hydrogen-bond donors (Lipinski definition) is 3. The van der Waals surface area contributed by atoms with Crippen LogP contribution in [0.25, 0.3) is 0 Å². The second-order valence-electron chi connectivity index (χ2n) is 26.0. The highest BCUT2D eigenvalue weighted by Crippen LogP contribution is 2.19. The van der Waals surface area contributed by atoms with E-state index in [2.05, 4.69) is 55.6 Å². The van der Waals surface area contributed by atoms with Crippen LogP contribution in [0.5, 0.6) is 0 Å². The molecule has 3 N–H and O–H groups in total. The standard InChI is InChI=1S/C78H147NO5/c1-3-5-7-9-11-13-15-17-19-21-22-36-39-42-46-50-54-58-62-66-70-76(81)75(74-80)79-77(82)71-67-63-59-55-51-47-43-40-37-34-32-30-28-26-24-23-25-27-29-31-33-35-38-41-45-49-53-57-61-65-69-73-84-78(83)72-68-64-60-56-52-48-44-20-18-16-14-12-10-8-6-4-2/h14,16,20,25,27,44,66,70,75-76,80-81H,3-13,15,17-19,21-24,26,28-43,45-65,67-69,71-74H2,1-2H3,(H,79,82)/b16-14-,27-25-,44-20-,70-66+. The van der Waals surface area contributed by atoms with Crippen molar-refractivity contribution in [3.63, 3.8) is 0 Å². The largest absolute Gasteiger partial charge is 0.466 e. The fourth-order valence-electron chi connectivity index (χ4n) is 11.8. The molecule has 0 heterocycles. The Balaban J connectivity index is 3.39. The molecule has 2 unspecified atom stereocenters. The van der Waals surface area contributed by atoms with Crippen molar-refractivity contribution in [3.8, 4) is 0 Å². The second-order valence-corrected chi connectivity index (χ2v) is 26.0. The van der Waals surface area contributed by atoms with E-state index in [1.807, 2.05) is 6.08 Å². The number of hydrogen-bond acceptors (Lipinski definition) is 5. The quantitative estimate of drug-likeness (QED) is 0.0320. The number of carbonyl (C=O) groups excluding carboxylic acids is 2. The van der Waals surface area contributed by atoms with Gasteiger partial charge in [0.1, 0.15) is 0 Å². The fourth-order valence-corrected chi connectivity index (χ4v) is 11.8. The SMILES string of the molecule is CCCCCC/C=C\C/C=C\CCCCCCCC(=O)OCCCCCCCCCCCCCC/C=C\CCCCCCCCCCCCCCCCCC(=O)NC(CO)C(O)/C=C/CCCCCCCCCCCCCCCCCCCC. The first-order chi connectivity index (χ1) is 41.5. The molecule has 0 fully saturated rings. The Morgan fingerprint density at radius 3 is 0.929 bits per heavy atom. The molecule has 0 rings (SSSR count). The molecule has 84 heavy (non-hydrogen) atoms. The molecule has 0 saturated carbocycles. The van der Waals surface area contributed by atoms with Gasteiger partial charge in [0.15, 0.2) is 0 Å². The van der Waals surface area contributed by atoms with Gasteiger partial charge in [0.2, 0.25) is 5.91 Å². The number of allylic oxidation sites excluding steroid dienone is 7. The minimum atomic E-state index is -0.845. The van der Waals surface area contributed by atoms with Gasteiger partial charge in [-0.05, 0) is 89.9 Å². The molecule has 0 aliphatic carbocycles. The molecule has 0 aromatic heterocycles. The van der Waals surface area contributed by atoms with Gasteiger partial charge in [-0.2, -0.15) is 0 Å². The summed E-state index contributed by atoms with van der Waals surface area (Å²) in [7, 11) is 0. The van der Waals surface area contributed by atoms with Crippen molar-refractivity contribution in [2.75, 3.05) is 13.2 Å². The lowest BCUT2D eigenvalue weighted by atomic mass is 10.0. The van der Waals surface area contributed by atoms with Gasteiger partial charge in [0.05, 0.1) is 25.4 Å². The highest BCUT2D eigenvalue weighted by Gasteiger charge is 2.18. The van der Waals surface area contributed by atoms with Gasteiger partial charge in [0, 0.05) is 12.8 Å². The first-order valence-corrected chi connectivity index (χ1v) is 37.9. The third-order valence-electron chi connectivity index (χ3n) is 17.6. The van der Waals surface area contributed by atoms with Crippen LogP contribution in [0.1, 0.15) is 412 Å². The highest BCUT2D eigenvalue weighted by molar-refractivity contribution is 5.76. The van der Waals surface area contributed by atoms with E-state index in [-0.39, 0.29) is 18.5 Å². The summed E-state index contributed by atoms with van der Waals surface area (Å²) in [6, 6.07) is -0.628. The molecule has 0 bridgehead atoms. The van der Waals surface area contributed by atoms with Crippen molar-refractivity contribution in [2.24, 2.45) is 0 Å². The Bertz CT molecular complexity index is 1400. The van der Waals surface area contributed by atoms with Crippen LogP contribution in [0.15, 0.2) is 48.6 Å². The van der Waals surface area contributed by atoms with E-state index in [9.17, 15) is 19.8 Å². The predicted molar refractivity (Wildman–Crippen MR) is 370 cm³/mol. The number of esters is 1.